The highest BCUT2D eigenvalue weighted by Gasteiger charge is 2.40. The first-order valence-electron chi connectivity index (χ1n) is 8.31. The Morgan fingerprint density at radius 2 is 1.95 bits per heavy atom. The van der Waals surface area contributed by atoms with Gasteiger partial charge >= 0.3 is 5.97 Å². The molecular formula is C16H27NO3. The molecule has 3 saturated heterocycles. The van der Waals surface area contributed by atoms with Crippen LogP contribution in [0.3, 0.4) is 0 Å². The van der Waals surface area contributed by atoms with Crippen LogP contribution in [0, 0.1) is 5.92 Å². The predicted molar refractivity (Wildman–Crippen MR) is 76.7 cm³/mol. The minimum absolute atomic E-state index is 0.372. The third kappa shape index (κ3) is 3.34. The SMILES string of the molecule is O=C(O)CC1CC2CCC(C1)N2CCCC1CCCO1. The summed E-state index contributed by atoms with van der Waals surface area (Å²) in [6.07, 6.45) is 10.6. The lowest BCUT2D eigenvalue weighted by Crippen LogP contribution is -2.43. The first-order valence-corrected chi connectivity index (χ1v) is 8.31. The molecule has 3 unspecified atom stereocenters. The van der Waals surface area contributed by atoms with E-state index in [0.29, 0.717) is 30.5 Å². The number of rotatable bonds is 6. The smallest absolute Gasteiger partial charge is 0.303 e. The van der Waals surface area contributed by atoms with Gasteiger partial charge in [0.25, 0.3) is 0 Å². The summed E-state index contributed by atoms with van der Waals surface area (Å²) in [6, 6.07) is 1.31. The Hall–Kier alpha value is -0.610. The van der Waals surface area contributed by atoms with Crippen LogP contribution in [0.2, 0.25) is 0 Å². The van der Waals surface area contributed by atoms with Crippen molar-refractivity contribution >= 4 is 5.97 Å². The van der Waals surface area contributed by atoms with E-state index in [-0.39, 0.29) is 0 Å². The molecule has 0 spiro atoms. The van der Waals surface area contributed by atoms with Gasteiger partial charge in [-0.15, -0.1) is 0 Å². The van der Waals surface area contributed by atoms with Gasteiger partial charge in [0.1, 0.15) is 0 Å². The van der Waals surface area contributed by atoms with Crippen LogP contribution < -0.4 is 0 Å². The molecule has 0 aromatic heterocycles. The van der Waals surface area contributed by atoms with Gasteiger partial charge in [0.05, 0.1) is 6.10 Å². The zero-order chi connectivity index (χ0) is 13.9. The van der Waals surface area contributed by atoms with E-state index in [1.807, 2.05) is 0 Å². The van der Waals surface area contributed by atoms with Crippen LogP contribution in [0.15, 0.2) is 0 Å². The molecule has 0 aliphatic carbocycles. The van der Waals surface area contributed by atoms with Gasteiger partial charge in [0.2, 0.25) is 0 Å². The maximum Gasteiger partial charge on any atom is 0.303 e. The zero-order valence-electron chi connectivity index (χ0n) is 12.3. The topological polar surface area (TPSA) is 49.8 Å². The van der Waals surface area contributed by atoms with E-state index in [2.05, 4.69) is 4.90 Å². The maximum atomic E-state index is 10.9. The quantitative estimate of drug-likeness (QED) is 0.813. The Labute approximate surface area is 121 Å². The van der Waals surface area contributed by atoms with Gasteiger partial charge in [-0.1, -0.05) is 0 Å². The van der Waals surface area contributed by atoms with E-state index in [0.717, 1.165) is 19.4 Å². The van der Waals surface area contributed by atoms with Gasteiger partial charge in [0, 0.05) is 25.1 Å². The largest absolute Gasteiger partial charge is 0.481 e. The summed E-state index contributed by atoms with van der Waals surface area (Å²) in [4.78, 5) is 13.5. The first kappa shape index (κ1) is 14.3. The van der Waals surface area contributed by atoms with Crippen molar-refractivity contribution < 1.29 is 14.6 Å². The highest BCUT2D eigenvalue weighted by Crippen LogP contribution is 2.40. The highest BCUT2D eigenvalue weighted by molar-refractivity contribution is 5.67. The summed E-state index contributed by atoms with van der Waals surface area (Å²) in [5.74, 6) is -0.208. The Bertz CT molecular complexity index is 327. The second kappa shape index (κ2) is 6.44. The molecule has 114 valence electrons. The minimum atomic E-state index is -0.624. The number of carboxylic acid groups (broad SMARTS) is 1. The fourth-order valence-electron chi connectivity index (χ4n) is 4.54. The van der Waals surface area contributed by atoms with Crippen molar-refractivity contribution in [3.63, 3.8) is 0 Å². The molecule has 3 aliphatic rings. The standard InChI is InChI=1S/C16H27NO3/c18-16(19)11-12-9-13-5-6-14(10-12)17(13)7-1-3-15-4-2-8-20-15/h12-15H,1-11H2,(H,18,19). The normalized spacial score (nSPS) is 37.4. The average molecular weight is 281 g/mol. The van der Waals surface area contributed by atoms with Crippen LogP contribution in [0.4, 0.5) is 0 Å². The second-order valence-corrected chi connectivity index (χ2v) is 6.84. The fraction of sp³-hybridized carbons (Fsp3) is 0.938. The third-order valence-corrected chi connectivity index (χ3v) is 5.41. The summed E-state index contributed by atoms with van der Waals surface area (Å²) < 4.78 is 5.69. The van der Waals surface area contributed by atoms with E-state index in [1.54, 1.807) is 0 Å². The van der Waals surface area contributed by atoms with Crippen molar-refractivity contribution in [2.24, 2.45) is 5.92 Å². The summed E-state index contributed by atoms with van der Waals surface area (Å²) in [6.45, 7) is 2.14. The highest BCUT2D eigenvalue weighted by atomic mass is 16.5. The second-order valence-electron chi connectivity index (χ2n) is 6.84. The molecular weight excluding hydrogens is 254 g/mol. The molecule has 3 rings (SSSR count). The molecule has 3 atom stereocenters. The number of carbonyl (C=O) groups is 1. The van der Waals surface area contributed by atoms with Crippen molar-refractivity contribution in [2.45, 2.75) is 76.0 Å². The Morgan fingerprint density at radius 1 is 1.20 bits per heavy atom. The number of hydrogen-bond acceptors (Lipinski definition) is 3. The molecule has 4 nitrogen and oxygen atoms in total. The number of aliphatic carboxylic acids is 1. The van der Waals surface area contributed by atoms with Crippen LogP contribution in [-0.4, -0.2) is 47.3 Å². The molecule has 20 heavy (non-hydrogen) atoms. The van der Waals surface area contributed by atoms with Crippen LogP contribution in [0.25, 0.3) is 0 Å². The molecule has 0 saturated carbocycles. The van der Waals surface area contributed by atoms with E-state index < -0.39 is 5.97 Å². The van der Waals surface area contributed by atoms with Gasteiger partial charge in [-0.2, -0.15) is 0 Å². The van der Waals surface area contributed by atoms with Crippen LogP contribution >= 0.6 is 0 Å². The lowest BCUT2D eigenvalue weighted by atomic mass is 9.88. The number of piperidine rings is 1. The first-order chi connectivity index (χ1) is 9.72. The molecule has 2 bridgehead atoms. The van der Waals surface area contributed by atoms with E-state index in [4.69, 9.17) is 9.84 Å². The third-order valence-electron chi connectivity index (χ3n) is 5.41. The molecule has 4 heteroatoms. The maximum absolute atomic E-state index is 10.9. The van der Waals surface area contributed by atoms with E-state index in [9.17, 15) is 4.79 Å². The monoisotopic (exact) mass is 281 g/mol. The number of hydrogen-bond donors (Lipinski definition) is 1. The van der Waals surface area contributed by atoms with Crippen molar-refractivity contribution in [1.82, 2.24) is 4.90 Å². The number of nitrogens with zero attached hydrogens (tertiary/aromatic N) is 1. The number of ether oxygens (including phenoxy) is 1. The zero-order valence-corrected chi connectivity index (χ0v) is 12.3. The van der Waals surface area contributed by atoms with Gasteiger partial charge in [-0.05, 0) is 63.8 Å². The summed E-state index contributed by atoms with van der Waals surface area (Å²) in [7, 11) is 0. The van der Waals surface area contributed by atoms with Gasteiger partial charge in [-0.25, -0.2) is 0 Å². The molecule has 3 heterocycles. The average Bonchev–Trinajstić information content (AvgIpc) is 2.97. The molecule has 3 fully saturated rings. The number of fused-ring (bicyclic) bond motifs is 2. The summed E-state index contributed by atoms with van der Waals surface area (Å²) in [5, 5.41) is 8.96. The molecule has 0 amide bonds. The van der Waals surface area contributed by atoms with E-state index in [1.165, 1.54) is 45.1 Å². The predicted octanol–water partition coefficient (Wildman–Crippen LogP) is 2.66. The van der Waals surface area contributed by atoms with Crippen molar-refractivity contribution in [3.05, 3.63) is 0 Å². The van der Waals surface area contributed by atoms with Gasteiger partial charge in [-0.3, -0.25) is 9.69 Å². The Balaban J connectivity index is 1.43. The fourth-order valence-corrected chi connectivity index (χ4v) is 4.54. The molecule has 1 N–H and O–H groups in total. The Kier molecular flexibility index (Phi) is 4.61. The van der Waals surface area contributed by atoms with Crippen molar-refractivity contribution in [1.29, 1.82) is 0 Å². The van der Waals surface area contributed by atoms with Crippen molar-refractivity contribution in [2.75, 3.05) is 13.2 Å². The van der Waals surface area contributed by atoms with Crippen LogP contribution in [0.5, 0.6) is 0 Å². The lowest BCUT2D eigenvalue weighted by molar-refractivity contribution is -0.138. The van der Waals surface area contributed by atoms with Crippen molar-refractivity contribution in [3.8, 4) is 0 Å². The lowest BCUT2D eigenvalue weighted by Gasteiger charge is -2.38. The molecule has 0 aromatic rings. The molecule has 0 aromatic carbocycles. The molecule has 0 radical (unpaired) electrons. The summed E-state index contributed by atoms with van der Waals surface area (Å²) >= 11 is 0. The summed E-state index contributed by atoms with van der Waals surface area (Å²) in [5.41, 5.74) is 0. The Morgan fingerprint density at radius 3 is 2.55 bits per heavy atom. The van der Waals surface area contributed by atoms with Gasteiger partial charge in [0.15, 0.2) is 0 Å². The van der Waals surface area contributed by atoms with Gasteiger partial charge < -0.3 is 9.84 Å². The molecule has 3 aliphatic heterocycles. The van der Waals surface area contributed by atoms with Crippen LogP contribution in [0.1, 0.15) is 57.8 Å². The van der Waals surface area contributed by atoms with E-state index >= 15 is 0 Å². The number of carboxylic acids is 1. The minimum Gasteiger partial charge on any atom is -0.481 e. The van der Waals surface area contributed by atoms with Crippen LogP contribution in [-0.2, 0) is 9.53 Å².